The minimum absolute atomic E-state index is 0.244. The fraction of sp³-hybridized carbons (Fsp3) is 0.571. The molecule has 0 saturated heterocycles. The fourth-order valence-electron chi connectivity index (χ4n) is 0.606. The van der Waals surface area contributed by atoms with E-state index in [4.69, 9.17) is 9.68 Å². The van der Waals surface area contributed by atoms with Crippen molar-refractivity contribution in [3.05, 3.63) is 5.89 Å². The van der Waals surface area contributed by atoms with Crippen LogP contribution >= 0.6 is 11.8 Å². The van der Waals surface area contributed by atoms with Crippen molar-refractivity contribution in [3.63, 3.8) is 0 Å². The Kier molecular flexibility index (Phi) is 3.11. The molecule has 0 amide bonds. The molecule has 0 N–H and O–H groups in total. The molecule has 0 bridgehead atoms. The topological polar surface area (TPSA) is 62.7 Å². The normalized spacial score (nSPS) is 10.2. The van der Waals surface area contributed by atoms with Crippen molar-refractivity contribution in [3.8, 4) is 6.07 Å². The predicted octanol–water partition coefficient (Wildman–Crippen LogP) is 1.81. The van der Waals surface area contributed by atoms with Gasteiger partial charge in [-0.25, -0.2) is 0 Å². The summed E-state index contributed by atoms with van der Waals surface area (Å²) in [5.41, 5.74) is 0. The first-order chi connectivity index (χ1) is 5.74. The minimum Gasteiger partial charge on any atom is -0.416 e. The molecule has 0 radical (unpaired) electrons. The summed E-state index contributed by atoms with van der Waals surface area (Å²) in [6.45, 7) is 3.96. The van der Waals surface area contributed by atoms with E-state index in [0.29, 0.717) is 16.9 Å². The van der Waals surface area contributed by atoms with Crippen molar-refractivity contribution in [1.29, 1.82) is 5.26 Å². The number of thioether (sulfide) groups is 1. The highest BCUT2D eigenvalue weighted by atomic mass is 32.2. The maximum Gasteiger partial charge on any atom is 0.277 e. The molecule has 1 aromatic heterocycles. The summed E-state index contributed by atoms with van der Waals surface area (Å²) in [4.78, 5) is 0. The van der Waals surface area contributed by atoms with E-state index >= 15 is 0 Å². The van der Waals surface area contributed by atoms with E-state index in [0.717, 1.165) is 0 Å². The average Bonchev–Trinajstić information content (AvgIpc) is 2.48. The summed E-state index contributed by atoms with van der Waals surface area (Å²) in [6.07, 6.45) is 0. The first kappa shape index (κ1) is 9.07. The van der Waals surface area contributed by atoms with Crippen LogP contribution in [-0.2, 0) is 0 Å². The molecule has 0 fully saturated rings. The Morgan fingerprint density at radius 2 is 2.33 bits per heavy atom. The molecule has 64 valence electrons. The molecular weight excluding hydrogens is 174 g/mol. The van der Waals surface area contributed by atoms with E-state index in [2.05, 4.69) is 10.2 Å². The molecule has 0 aliphatic rings. The van der Waals surface area contributed by atoms with Crippen LogP contribution in [0.25, 0.3) is 0 Å². The van der Waals surface area contributed by atoms with Crippen molar-refractivity contribution in [2.45, 2.75) is 25.0 Å². The number of nitriles is 1. The van der Waals surface area contributed by atoms with Crippen LogP contribution in [0.5, 0.6) is 0 Å². The predicted molar refractivity (Wildman–Crippen MR) is 44.7 cm³/mol. The van der Waals surface area contributed by atoms with E-state index in [-0.39, 0.29) is 5.92 Å². The lowest BCUT2D eigenvalue weighted by Gasteiger charge is -1.92. The largest absolute Gasteiger partial charge is 0.416 e. The Balaban J connectivity index is 2.59. The summed E-state index contributed by atoms with van der Waals surface area (Å²) in [6, 6.07) is 1.99. The second-order valence-corrected chi connectivity index (χ2v) is 3.43. The summed E-state index contributed by atoms with van der Waals surface area (Å²) < 4.78 is 5.24. The average molecular weight is 183 g/mol. The maximum atomic E-state index is 8.28. The van der Waals surface area contributed by atoms with Crippen LogP contribution in [0.1, 0.15) is 25.7 Å². The molecular formula is C7H9N3OS. The van der Waals surface area contributed by atoms with Gasteiger partial charge in [0.25, 0.3) is 5.22 Å². The first-order valence-corrected chi connectivity index (χ1v) is 4.55. The zero-order valence-electron chi connectivity index (χ0n) is 6.94. The summed E-state index contributed by atoms with van der Waals surface area (Å²) in [7, 11) is 0. The number of nitrogens with zero attached hydrogens (tertiary/aromatic N) is 3. The van der Waals surface area contributed by atoms with Gasteiger partial charge < -0.3 is 4.42 Å². The van der Waals surface area contributed by atoms with Crippen LogP contribution in [0.2, 0.25) is 0 Å². The molecule has 0 aliphatic heterocycles. The van der Waals surface area contributed by atoms with Crippen LogP contribution in [0.15, 0.2) is 9.64 Å². The van der Waals surface area contributed by atoms with Gasteiger partial charge >= 0.3 is 0 Å². The lowest BCUT2D eigenvalue weighted by Crippen LogP contribution is -1.85. The Bertz CT molecular complexity index is 289. The minimum atomic E-state index is 0.244. The Hall–Kier alpha value is -1.02. The first-order valence-electron chi connectivity index (χ1n) is 3.57. The van der Waals surface area contributed by atoms with Gasteiger partial charge in [0, 0.05) is 5.92 Å². The highest BCUT2D eigenvalue weighted by molar-refractivity contribution is 7.99. The van der Waals surface area contributed by atoms with Crippen LogP contribution in [0.4, 0.5) is 0 Å². The summed E-state index contributed by atoms with van der Waals surface area (Å²) in [5.74, 6) is 1.21. The highest BCUT2D eigenvalue weighted by Gasteiger charge is 2.08. The van der Waals surface area contributed by atoms with E-state index in [1.165, 1.54) is 11.8 Å². The van der Waals surface area contributed by atoms with Gasteiger partial charge in [0.1, 0.15) is 0 Å². The Labute approximate surface area is 75.0 Å². The zero-order chi connectivity index (χ0) is 8.97. The fourth-order valence-corrected chi connectivity index (χ4v) is 1.04. The zero-order valence-corrected chi connectivity index (χ0v) is 7.76. The van der Waals surface area contributed by atoms with Crippen molar-refractivity contribution < 1.29 is 4.42 Å². The molecule has 0 atom stereocenters. The summed E-state index contributed by atoms with van der Waals surface area (Å²) in [5, 5.41) is 16.3. The highest BCUT2D eigenvalue weighted by Crippen LogP contribution is 2.19. The second kappa shape index (κ2) is 4.12. The standard InChI is InChI=1S/C7H9N3OS/c1-5(2)6-9-10-7(11-6)12-4-3-8/h5H,4H2,1-2H3. The molecule has 0 aliphatic carbocycles. The molecule has 1 heterocycles. The molecule has 1 rings (SSSR count). The number of hydrogen-bond donors (Lipinski definition) is 0. The number of aromatic nitrogens is 2. The lowest BCUT2D eigenvalue weighted by atomic mass is 10.2. The molecule has 4 nitrogen and oxygen atoms in total. The molecule has 5 heteroatoms. The van der Waals surface area contributed by atoms with Crippen molar-refractivity contribution >= 4 is 11.8 Å². The summed E-state index contributed by atoms with van der Waals surface area (Å²) >= 11 is 1.26. The smallest absolute Gasteiger partial charge is 0.277 e. The number of rotatable bonds is 3. The van der Waals surface area contributed by atoms with Gasteiger partial charge in [-0.3, -0.25) is 0 Å². The molecule has 0 aromatic carbocycles. The SMILES string of the molecule is CC(C)c1nnc(SCC#N)o1. The molecule has 0 unspecified atom stereocenters. The van der Waals surface area contributed by atoms with E-state index in [1.807, 2.05) is 19.9 Å². The quantitative estimate of drug-likeness (QED) is 0.669. The molecule has 1 aromatic rings. The number of hydrogen-bond acceptors (Lipinski definition) is 5. The third-order valence-electron chi connectivity index (χ3n) is 1.18. The van der Waals surface area contributed by atoms with Crippen LogP contribution in [0, 0.1) is 11.3 Å². The van der Waals surface area contributed by atoms with Gasteiger partial charge in [-0.15, -0.1) is 10.2 Å². The van der Waals surface area contributed by atoms with E-state index < -0.39 is 0 Å². The maximum absolute atomic E-state index is 8.28. The van der Waals surface area contributed by atoms with Gasteiger partial charge in [-0.05, 0) is 0 Å². The Morgan fingerprint density at radius 3 is 2.83 bits per heavy atom. The van der Waals surface area contributed by atoms with Crippen molar-refractivity contribution in [2.24, 2.45) is 0 Å². The monoisotopic (exact) mass is 183 g/mol. The third kappa shape index (κ3) is 2.24. The van der Waals surface area contributed by atoms with Gasteiger partial charge in [0.05, 0.1) is 11.8 Å². The third-order valence-corrected chi connectivity index (χ3v) is 1.86. The van der Waals surface area contributed by atoms with E-state index in [1.54, 1.807) is 0 Å². The van der Waals surface area contributed by atoms with Crippen molar-refractivity contribution in [2.75, 3.05) is 5.75 Å². The van der Waals surface area contributed by atoms with Crippen LogP contribution in [0.3, 0.4) is 0 Å². The molecule has 0 saturated carbocycles. The lowest BCUT2D eigenvalue weighted by molar-refractivity contribution is 0.398. The van der Waals surface area contributed by atoms with Crippen LogP contribution < -0.4 is 0 Å². The molecule has 12 heavy (non-hydrogen) atoms. The van der Waals surface area contributed by atoms with Crippen molar-refractivity contribution in [1.82, 2.24) is 10.2 Å². The van der Waals surface area contributed by atoms with Gasteiger partial charge in [0.15, 0.2) is 0 Å². The van der Waals surface area contributed by atoms with E-state index in [9.17, 15) is 0 Å². The molecule has 0 spiro atoms. The second-order valence-electron chi connectivity index (χ2n) is 2.51. The van der Waals surface area contributed by atoms with Gasteiger partial charge in [0.2, 0.25) is 5.89 Å². The van der Waals surface area contributed by atoms with Gasteiger partial charge in [-0.1, -0.05) is 25.6 Å². The van der Waals surface area contributed by atoms with Gasteiger partial charge in [-0.2, -0.15) is 5.26 Å². The Morgan fingerprint density at radius 1 is 1.58 bits per heavy atom. The van der Waals surface area contributed by atoms with Crippen LogP contribution in [-0.4, -0.2) is 16.0 Å².